The predicted molar refractivity (Wildman–Crippen MR) is 191 cm³/mol. The zero-order chi connectivity index (χ0) is 34.3. The van der Waals surface area contributed by atoms with Crippen molar-refractivity contribution in [3.63, 3.8) is 0 Å². The van der Waals surface area contributed by atoms with Gasteiger partial charge in [-0.25, -0.2) is 8.42 Å². The summed E-state index contributed by atoms with van der Waals surface area (Å²) in [6.45, 7) is 6.72. The number of sulfonamides is 1. The van der Waals surface area contributed by atoms with Crippen LogP contribution in [0.2, 0.25) is 15.1 Å². The lowest BCUT2D eigenvalue weighted by atomic mass is 10.0. The molecule has 4 rings (SSSR count). The number of rotatable bonds is 13. The molecule has 0 saturated carbocycles. The van der Waals surface area contributed by atoms with Gasteiger partial charge in [-0.2, -0.15) is 0 Å². The van der Waals surface area contributed by atoms with E-state index in [0.29, 0.717) is 27.1 Å². The fourth-order valence-electron chi connectivity index (χ4n) is 4.95. The van der Waals surface area contributed by atoms with Crippen LogP contribution >= 0.6 is 34.8 Å². The maximum atomic E-state index is 14.6. The SMILES string of the molecule is CC[C@@H](C)NC(=O)[C@@H](Cc1ccccc1)N(Cc1c(Cl)cccc1Cl)C(=O)CN(c1ccc(C)c(Cl)c1)S(=O)(=O)c1ccc(C)cc1. The number of amides is 2. The summed E-state index contributed by atoms with van der Waals surface area (Å²) in [5, 5.41) is 3.97. The number of aryl methyl sites for hydroxylation is 2. The minimum Gasteiger partial charge on any atom is -0.352 e. The van der Waals surface area contributed by atoms with Crippen LogP contribution in [0.1, 0.15) is 42.5 Å². The first-order valence-corrected chi connectivity index (χ1v) is 17.8. The van der Waals surface area contributed by atoms with E-state index in [-0.39, 0.29) is 35.5 Å². The summed E-state index contributed by atoms with van der Waals surface area (Å²) >= 11 is 19.6. The number of hydrogen-bond donors (Lipinski definition) is 1. The molecule has 0 aliphatic carbocycles. The summed E-state index contributed by atoms with van der Waals surface area (Å²) in [6, 6.07) is 24.3. The van der Waals surface area contributed by atoms with Gasteiger partial charge in [0.05, 0.1) is 10.6 Å². The first-order chi connectivity index (χ1) is 22.3. The van der Waals surface area contributed by atoms with Gasteiger partial charge < -0.3 is 10.2 Å². The monoisotopic (exact) mass is 713 g/mol. The zero-order valence-corrected chi connectivity index (χ0v) is 29.8. The molecule has 0 heterocycles. The molecule has 2 amide bonds. The molecule has 0 aromatic heterocycles. The van der Waals surface area contributed by atoms with Crippen molar-refractivity contribution in [1.29, 1.82) is 0 Å². The summed E-state index contributed by atoms with van der Waals surface area (Å²) in [4.78, 5) is 30.0. The van der Waals surface area contributed by atoms with Gasteiger partial charge in [-0.15, -0.1) is 0 Å². The molecule has 47 heavy (non-hydrogen) atoms. The van der Waals surface area contributed by atoms with E-state index in [2.05, 4.69) is 5.32 Å². The minimum absolute atomic E-state index is 0.00337. The summed E-state index contributed by atoms with van der Waals surface area (Å²) in [5.41, 5.74) is 3.08. The molecular formula is C36H38Cl3N3O4S. The average molecular weight is 715 g/mol. The maximum absolute atomic E-state index is 14.6. The van der Waals surface area contributed by atoms with Gasteiger partial charge in [0.1, 0.15) is 12.6 Å². The standard InChI is InChI=1S/C36H38Cl3N3O4S/c1-5-26(4)40-36(44)34(20-27-10-7-6-8-11-27)41(22-30-31(37)12-9-13-32(30)38)35(43)23-42(28-17-16-25(3)33(39)21-28)47(45,46)29-18-14-24(2)15-19-29/h6-19,21,26,34H,5,20,22-23H2,1-4H3,(H,40,44)/t26-,34-/m1/s1. The highest BCUT2D eigenvalue weighted by Crippen LogP contribution is 2.31. The van der Waals surface area contributed by atoms with Crippen LogP contribution < -0.4 is 9.62 Å². The van der Waals surface area contributed by atoms with Crippen LogP contribution in [0.4, 0.5) is 5.69 Å². The highest BCUT2D eigenvalue weighted by molar-refractivity contribution is 7.92. The number of hydrogen-bond acceptors (Lipinski definition) is 4. The van der Waals surface area contributed by atoms with Crippen molar-refractivity contribution in [3.05, 3.63) is 128 Å². The third-order valence-electron chi connectivity index (χ3n) is 7.99. The molecule has 1 N–H and O–H groups in total. The molecular weight excluding hydrogens is 677 g/mol. The van der Waals surface area contributed by atoms with Crippen molar-refractivity contribution in [3.8, 4) is 0 Å². The summed E-state index contributed by atoms with van der Waals surface area (Å²) in [5.74, 6) is -1.01. The zero-order valence-electron chi connectivity index (χ0n) is 26.7. The molecule has 4 aromatic rings. The maximum Gasteiger partial charge on any atom is 0.264 e. The summed E-state index contributed by atoms with van der Waals surface area (Å²) < 4.78 is 29.5. The van der Waals surface area contributed by atoms with Gasteiger partial charge in [-0.3, -0.25) is 13.9 Å². The lowest BCUT2D eigenvalue weighted by molar-refractivity contribution is -0.140. The van der Waals surface area contributed by atoms with Crippen LogP contribution in [-0.4, -0.2) is 43.8 Å². The molecule has 0 saturated heterocycles. The van der Waals surface area contributed by atoms with Crippen molar-refractivity contribution >= 4 is 62.3 Å². The Morgan fingerprint density at radius 3 is 2.06 bits per heavy atom. The largest absolute Gasteiger partial charge is 0.352 e. The normalized spacial score (nSPS) is 12.7. The number of carbonyl (C=O) groups excluding carboxylic acids is 2. The fraction of sp³-hybridized carbons (Fsp3) is 0.278. The van der Waals surface area contributed by atoms with E-state index in [9.17, 15) is 18.0 Å². The molecule has 0 aliphatic heterocycles. The Balaban J connectivity index is 1.86. The lowest BCUT2D eigenvalue weighted by Gasteiger charge is -2.34. The molecule has 0 fully saturated rings. The van der Waals surface area contributed by atoms with Crippen LogP contribution in [0.3, 0.4) is 0 Å². The van der Waals surface area contributed by atoms with E-state index in [4.69, 9.17) is 34.8 Å². The van der Waals surface area contributed by atoms with Crippen molar-refractivity contribution < 1.29 is 18.0 Å². The quantitative estimate of drug-likeness (QED) is 0.152. The highest BCUT2D eigenvalue weighted by atomic mass is 35.5. The van der Waals surface area contributed by atoms with Crippen molar-refractivity contribution in [2.24, 2.45) is 0 Å². The third kappa shape index (κ3) is 9.08. The smallest absolute Gasteiger partial charge is 0.264 e. The second-order valence-electron chi connectivity index (χ2n) is 11.5. The second-order valence-corrected chi connectivity index (χ2v) is 14.6. The molecule has 248 valence electrons. The number of benzene rings is 4. The molecule has 7 nitrogen and oxygen atoms in total. The fourth-order valence-corrected chi connectivity index (χ4v) is 7.05. The van der Waals surface area contributed by atoms with E-state index in [0.717, 1.165) is 21.0 Å². The molecule has 11 heteroatoms. The predicted octanol–water partition coefficient (Wildman–Crippen LogP) is 8.01. The Labute approximate surface area is 292 Å². The van der Waals surface area contributed by atoms with E-state index < -0.39 is 28.5 Å². The van der Waals surface area contributed by atoms with E-state index >= 15 is 0 Å². The lowest BCUT2D eigenvalue weighted by Crippen LogP contribution is -2.54. The number of anilines is 1. The van der Waals surface area contributed by atoms with Crippen LogP contribution in [0, 0.1) is 13.8 Å². The number of nitrogens with one attached hydrogen (secondary N) is 1. The van der Waals surface area contributed by atoms with Crippen LogP contribution in [0.15, 0.2) is 95.9 Å². The minimum atomic E-state index is -4.27. The topological polar surface area (TPSA) is 86.8 Å². The van der Waals surface area contributed by atoms with Crippen molar-refractivity contribution in [2.45, 2.75) is 64.1 Å². The van der Waals surface area contributed by atoms with Crippen LogP contribution in [0.25, 0.3) is 0 Å². The molecule has 2 atom stereocenters. The Morgan fingerprint density at radius 1 is 0.830 bits per heavy atom. The van der Waals surface area contributed by atoms with E-state index in [1.54, 1.807) is 49.4 Å². The first-order valence-electron chi connectivity index (χ1n) is 15.2. The molecule has 4 aromatic carbocycles. The Morgan fingerprint density at radius 2 is 1.47 bits per heavy atom. The summed E-state index contributed by atoms with van der Waals surface area (Å²) in [7, 11) is -4.27. The Kier molecular flexibility index (Phi) is 12.4. The van der Waals surface area contributed by atoms with Gasteiger partial charge in [-0.05, 0) is 74.7 Å². The van der Waals surface area contributed by atoms with E-state index in [1.807, 2.05) is 51.1 Å². The molecule has 0 bridgehead atoms. The molecule has 0 radical (unpaired) electrons. The van der Waals surface area contributed by atoms with Gasteiger partial charge in [0.25, 0.3) is 10.0 Å². The number of nitrogens with zero attached hydrogens (tertiary/aromatic N) is 2. The Bertz CT molecular complexity index is 1800. The summed E-state index contributed by atoms with van der Waals surface area (Å²) in [6.07, 6.45) is 0.836. The van der Waals surface area contributed by atoms with E-state index in [1.165, 1.54) is 23.1 Å². The van der Waals surface area contributed by atoms with Gasteiger partial charge in [0.2, 0.25) is 11.8 Å². The number of halogens is 3. The molecule has 0 spiro atoms. The van der Waals surface area contributed by atoms with Crippen molar-refractivity contribution in [1.82, 2.24) is 10.2 Å². The van der Waals surface area contributed by atoms with Gasteiger partial charge in [0, 0.05) is 39.6 Å². The van der Waals surface area contributed by atoms with Crippen molar-refractivity contribution in [2.75, 3.05) is 10.8 Å². The third-order valence-corrected chi connectivity index (χ3v) is 10.9. The van der Waals surface area contributed by atoms with Crippen LogP contribution in [-0.2, 0) is 32.6 Å². The highest BCUT2D eigenvalue weighted by Gasteiger charge is 2.35. The van der Waals surface area contributed by atoms with Gasteiger partial charge in [0.15, 0.2) is 0 Å². The van der Waals surface area contributed by atoms with Crippen LogP contribution in [0.5, 0.6) is 0 Å². The molecule has 0 unspecified atom stereocenters. The van der Waals surface area contributed by atoms with Gasteiger partial charge >= 0.3 is 0 Å². The first kappa shape index (κ1) is 36.3. The molecule has 0 aliphatic rings. The van der Waals surface area contributed by atoms with Gasteiger partial charge in [-0.1, -0.05) is 102 Å². The Hall–Kier alpha value is -3.56. The average Bonchev–Trinajstić information content (AvgIpc) is 3.04. The number of carbonyl (C=O) groups is 2. The second kappa shape index (κ2) is 16.0.